The summed E-state index contributed by atoms with van der Waals surface area (Å²) < 4.78 is 5.20. The molecule has 2 aromatic carbocycles. The molecule has 0 N–H and O–H groups in total. The van der Waals surface area contributed by atoms with Gasteiger partial charge < -0.3 is 4.74 Å². The molecule has 0 fully saturated rings. The van der Waals surface area contributed by atoms with Gasteiger partial charge in [-0.05, 0) is 24.1 Å². The molecule has 0 saturated carbocycles. The van der Waals surface area contributed by atoms with Gasteiger partial charge in [-0.15, -0.1) is 0 Å². The minimum atomic E-state index is -0.483. The van der Waals surface area contributed by atoms with E-state index >= 15 is 0 Å². The third kappa shape index (κ3) is 3.45. The van der Waals surface area contributed by atoms with Gasteiger partial charge in [0, 0.05) is 6.07 Å². The topological polar surface area (TPSA) is 69.4 Å². The number of nitrogens with zero attached hydrogens (tertiary/aromatic N) is 1. The molecule has 0 spiro atoms. The maximum absolute atomic E-state index is 12.1. The van der Waals surface area contributed by atoms with Crippen molar-refractivity contribution in [1.82, 2.24) is 0 Å². The number of para-hydroxylation sites is 1. The normalized spacial score (nSPS) is 10.1. The number of esters is 1. The van der Waals surface area contributed by atoms with Crippen LogP contribution in [-0.2, 0) is 17.8 Å². The Morgan fingerprint density at radius 2 is 1.71 bits per heavy atom. The first-order chi connectivity index (χ1) is 10.1. The minimum absolute atomic E-state index is 0.0472. The fourth-order valence-electron chi connectivity index (χ4n) is 2.06. The SMILES string of the molecule is CCc1ccccc1C(=O)OCc1ccccc1[N+](=O)[O-]. The number of benzene rings is 2. The van der Waals surface area contributed by atoms with Crippen molar-refractivity contribution in [1.29, 1.82) is 0 Å². The third-order valence-electron chi connectivity index (χ3n) is 3.17. The number of hydrogen-bond acceptors (Lipinski definition) is 4. The van der Waals surface area contributed by atoms with E-state index in [-0.39, 0.29) is 12.3 Å². The highest BCUT2D eigenvalue weighted by atomic mass is 16.6. The van der Waals surface area contributed by atoms with Gasteiger partial charge in [-0.3, -0.25) is 10.1 Å². The van der Waals surface area contributed by atoms with Crippen LogP contribution in [0.1, 0.15) is 28.4 Å². The van der Waals surface area contributed by atoms with Gasteiger partial charge in [0.15, 0.2) is 0 Å². The Balaban J connectivity index is 2.13. The number of nitro groups is 1. The van der Waals surface area contributed by atoms with E-state index in [1.165, 1.54) is 6.07 Å². The summed E-state index contributed by atoms with van der Waals surface area (Å²) in [6.07, 6.45) is 0.719. The Labute approximate surface area is 122 Å². The second-order valence-corrected chi connectivity index (χ2v) is 4.47. The minimum Gasteiger partial charge on any atom is -0.457 e. The quantitative estimate of drug-likeness (QED) is 0.479. The molecule has 0 aliphatic carbocycles. The van der Waals surface area contributed by atoms with Crippen LogP contribution in [0.4, 0.5) is 5.69 Å². The lowest BCUT2D eigenvalue weighted by molar-refractivity contribution is -0.385. The van der Waals surface area contributed by atoms with E-state index in [0.717, 1.165) is 12.0 Å². The van der Waals surface area contributed by atoms with E-state index in [2.05, 4.69) is 0 Å². The van der Waals surface area contributed by atoms with Crippen LogP contribution in [0.3, 0.4) is 0 Å². The molecule has 0 amide bonds. The van der Waals surface area contributed by atoms with Gasteiger partial charge in [0.25, 0.3) is 5.69 Å². The van der Waals surface area contributed by atoms with Gasteiger partial charge in [-0.1, -0.05) is 37.3 Å². The van der Waals surface area contributed by atoms with Crippen LogP contribution in [0.15, 0.2) is 48.5 Å². The molecule has 2 rings (SSSR count). The highest BCUT2D eigenvalue weighted by Gasteiger charge is 2.16. The van der Waals surface area contributed by atoms with Gasteiger partial charge in [0.05, 0.1) is 16.1 Å². The van der Waals surface area contributed by atoms with E-state index in [1.807, 2.05) is 19.1 Å². The Bertz CT molecular complexity index is 667. The van der Waals surface area contributed by atoms with Crippen LogP contribution in [0, 0.1) is 10.1 Å². The average Bonchev–Trinajstić information content (AvgIpc) is 2.52. The molecular weight excluding hydrogens is 270 g/mol. The van der Waals surface area contributed by atoms with Crippen molar-refractivity contribution in [3.8, 4) is 0 Å². The summed E-state index contributed by atoms with van der Waals surface area (Å²) in [6, 6.07) is 13.4. The largest absolute Gasteiger partial charge is 0.457 e. The van der Waals surface area contributed by atoms with E-state index in [9.17, 15) is 14.9 Å². The Hall–Kier alpha value is -2.69. The van der Waals surface area contributed by atoms with Crippen LogP contribution in [0.2, 0.25) is 0 Å². The second-order valence-electron chi connectivity index (χ2n) is 4.47. The molecule has 2 aromatic rings. The Morgan fingerprint density at radius 3 is 2.38 bits per heavy atom. The van der Waals surface area contributed by atoms with Crippen molar-refractivity contribution < 1.29 is 14.5 Å². The molecule has 0 unspecified atom stereocenters. The molecule has 0 radical (unpaired) electrons. The van der Waals surface area contributed by atoms with Gasteiger partial charge in [-0.25, -0.2) is 4.79 Å². The highest BCUT2D eigenvalue weighted by Crippen LogP contribution is 2.19. The zero-order valence-electron chi connectivity index (χ0n) is 11.6. The van der Waals surface area contributed by atoms with Crippen molar-refractivity contribution in [3.63, 3.8) is 0 Å². The first-order valence-corrected chi connectivity index (χ1v) is 6.60. The van der Waals surface area contributed by atoms with E-state index in [1.54, 1.807) is 30.3 Å². The van der Waals surface area contributed by atoms with E-state index in [0.29, 0.717) is 11.1 Å². The number of rotatable bonds is 5. The summed E-state index contributed by atoms with van der Waals surface area (Å²) in [7, 11) is 0. The summed E-state index contributed by atoms with van der Waals surface area (Å²) >= 11 is 0. The van der Waals surface area contributed by atoms with Gasteiger partial charge in [-0.2, -0.15) is 0 Å². The van der Waals surface area contributed by atoms with Crippen LogP contribution >= 0.6 is 0 Å². The van der Waals surface area contributed by atoms with Gasteiger partial charge >= 0.3 is 5.97 Å². The average molecular weight is 285 g/mol. The molecule has 0 atom stereocenters. The molecule has 108 valence electrons. The van der Waals surface area contributed by atoms with Crippen LogP contribution in [-0.4, -0.2) is 10.9 Å². The molecular formula is C16H15NO4. The maximum atomic E-state index is 12.1. The molecule has 0 aliphatic heterocycles. The first kappa shape index (κ1) is 14.7. The van der Waals surface area contributed by atoms with Crippen molar-refractivity contribution in [2.24, 2.45) is 0 Å². The molecule has 0 heterocycles. The molecule has 0 aromatic heterocycles. The molecule has 21 heavy (non-hydrogen) atoms. The monoisotopic (exact) mass is 285 g/mol. The summed E-state index contributed by atoms with van der Waals surface area (Å²) in [4.78, 5) is 22.5. The summed E-state index contributed by atoms with van der Waals surface area (Å²) in [6.45, 7) is 1.84. The molecule has 5 heteroatoms. The molecule has 0 saturated heterocycles. The number of carbonyl (C=O) groups excluding carboxylic acids is 1. The predicted molar refractivity (Wildman–Crippen MR) is 78.0 cm³/mol. The zero-order chi connectivity index (χ0) is 15.2. The number of nitro benzene ring substituents is 1. The predicted octanol–water partition coefficient (Wildman–Crippen LogP) is 3.51. The number of aryl methyl sites for hydroxylation is 1. The first-order valence-electron chi connectivity index (χ1n) is 6.60. The van der Waals surface area contributed by atoms with Crippen molar-refractivity contribution >= 4 is 11.7 Å². The zero-order valence-corrected chi connectivity index (χ0v) is 11.6. The van der Waals surface area contributed by atoms with E-state index in [4.69, 9.17) is 4.74 Å². The van der Waals surface area contributed by atoms with Crippen molar-refractivity contribution in [2.45, 2.75) is 20.0 Å². The summed E-state index contributed by atoms with van der Waals surface area (Å²) in [5.41, 5.74) is 1.72. The lowest BCUT2D eigenvalue weighted by Gasteiger charge is -2.08. The van der Waals surface area contributed by atoms with Crippen molar-refractivity contribution in [3.05, 3.63) is 75.3 Å². The number of ether oxygens (including phenoxy) is 1. The number of hydrogen-bond donors (Lipinski definition) is 0. The third-order valence-corrected chi connectivity index (χ3v) is 3.17. The summed E-state index contributed by atoms with van der Waals surface area (Å²) in [5, 5.41) is 10.9. The lowest BCUT2D eigenvalue weighted by atomic mass is 10.1. The number of carbonyl (C=O) groups is 1. The maximum Gasteiger partial charge on any atom is 0.338 e. The van der Waals surface area contributed by atoms with Crippen LogP contribution in [0.5, 0.6) is 0 Å². The molecule has 0 aliphatic rings. The Kier molecular flexibility index (Phi) is 4.66. The smallest absolute Gasteiger partial charge is 0.338 e. The van der Waals surface area contributed by atoms with E-state index < -0.39 is 10.9 Å². The van der Waals surface area contributed by atoms with Crippen molar-refractivity contribution in [2.75, 3.05) is 0 Å². The second kappa shape index (κ2) is 6.65. The molecule has 5 nitrogen and oxygen atoms in total. The van der Waals surface area contributed by atoms with Crippen LogP contribution < -0.4 is 0 Å². The fourth-order valence-corrected chi connectivity index (χ4v) is 2.06. The highest BCUT2D eigenvalue weighted by molar-refractivity contribution is 5.91. The fraction of sp³-hybridized carbons (Fsp3) is 0.188. The Morgan fingerprint density at radius 1 is 1.10 bits per heavy atom. The summed E-state index contributed by atoms with van der Waals surface area (Å²) in [5.74, 6) is -0.467. The standard InChI is InChI=1S/C16H15NO4/c1-2-12-7-3-5-9-14(12)16(18)21-11-13-8-4-6-10-15(13)17(19)20/h3-10H,2,11H2,1H3. The van der Waals surface area contributed by atoms with Crippen LogP contribution in [0.25, 0.3) is 0 Å². The van der Waals surface area contributed by atoms with Gasteiger partial charge in [0.2, 0.25) is 0 Å². The lowest BCUT2D eigenvalue weighted by Crippen LogP contribution is -2.09. The van der Waals surface area contributed by atoms with Gasteiger partial charge in [0.1, 0.15) is 6.61 Å². The molecule has 0 bridgehead atoms.